The molecular weight excluding hydrogens is 477 g/mol. The number of nitrogens with zero attached hydrogens (tertiary/aromatic N) is 3. The monoisotopic (exact) mass is 496 g/mol. The van der Waals surface area contributed by atoms with Crippen molar-refractivity contribution in [2.45, 2.75) is 43.7 Å². The van der Waals surface area contributed by atoms with Crippen molar-refractivity contribution in [1.29, 1.82) is 0 Å². The van der Waals surface area contributed by atoms with Crippen LogP contribution in [0, 0.1) is 5.92 Å². The molecule has 170 valence electrons. The van der Waals surface area contributed by atoms with Crippen molar-refractivity contribution in [2.24, 2.45) is 5.92 Å². The van der Waals surface area contributed by atoms with E-state index in [-0.39, 0.29) is 31.8 Å². The second kappa shape index (κ2) is 9.39. The van der Waals surface area contributed by atoms with Crippen molar-refractivity contribution in [3.05, 3.63) is 33.8 Å². The lowest BCUT2D eigenvalue weighted by Crippen LogP contribution is -2.41. The van der Waals surface area contributed by atoms with E-state index >= 15 is 0 Å². The van der Waals surface area contributed by atoms with Crippen LogP contribution in [-0.2, 0) is 27.4 Å². The van der Waals surface area contributed by atoms with Gasteiger partial charge >= 0.3 is 6.18 Å². The van der Waals surface area contributed by atoms with E-state index in [1.807, 2.05) is 6.92 Å². The Kier molecular flexibility index (Phi) is 7.24. The van der Waals surface area contributed by atoms with E-state index in [1.165, 1.54) is 11.3 Å². The molecule has 0 spiro atoms. The highest BCUT2D eigenvalue weighted by molar-refractivity contribution is 7.89. The third-order valence-electron chi connectivity index (χ3n) is 4.87. The van der Waals surface area contributed by atoms with E-state index in [0.29, 0.717) is 11.2 Å². The largest absolute Gasteiger partial charge is 0.417 e. The zero-order valence-electron chi connectivity index (χ0n) is 16.4. The number of sulfonamides is 1. The number of halogens is 4. The van der Waals surface area contributed by atoms with Gasteiger partial charge in [-0.1, -0.05) is 29.9 Å². The molecule has 0 unspecified atom stereocenters. The van der Waals surface area contributed by atoms with Crippen molar-refractivity contribution in [1.82, 2.24) is 14.5 Å². The Bertz CT molecular complexity index is 1050. The van der Waals surface area contributed by atoms with Crippen LogP contribution in [0.1, 0.15) is 36.8 Å². The minimum atomic E-state index is -4.77. The first kappa shape index (κ1) is 23.9. The molecular formula is C18H20ClF3N4O3S2. The summed E-state index contributed by atoms with van der Waals surface area (Å²) in [4.78, 5) is 12.0. The highest BCUT2D eigenvalue weighted by Crippen LogP contribution is 2.37. The van der Waals surface area contributed by atoms with Crippen molar-refractivity contribution >= 4 is 44.0 Å². The van der Waals surface area contributed by atoms with Crippen molar-refractivity contribution < 1.29 is 26.4 Å². The summed E-state index contributed by atoms with van der Waals surface area (Å²) in [6, 6.07) is 2.52. The quantitative estimate of drug-likeness (QED) is 0.647. The van der Waals surface area contributed by atoms with Gasteiger partial charge < -0.3 is 5.32 Å². The van der Waals surface area contributed by atoms with Gasteiger partial charge in [0, 0.05) is 25.4 Å². The lowest BCUT2D eigenvalue weighted by Gasteiger charge is -2.30. The smallest absolute Gasteiger partial charge is 0.300 e. The van der Waals surface area contributed by atoms with Crippen LogP contribution in [-0.4, -0.2) is 41.9 Å². The van der Waals surface area contributed by atoms with E-state index in [2.05, 4.69) is 15.5 Å². The van der Waals surface area contributed by atoms with Gasteiger partial charge in [-0.05, 0) is 37.5 Å². The highest BCUT2D eigenvalue weighted by Gasteiger charge is 2.37. The van der Waals surface area contributed by atoms with Crippen LogP contribution in [0.5, 0.6) is 0 Å². The van der Waals surface area contributed by atoms with Gasteiger partial charge in [0.15, 0.2) is 0 Å². The Morgan fingerprint density at radius 2 is 1.97 bits per heavy atom. The van der Waals surface area contributed by atoms with Crippen LogP contribution >= 0.6 is 22.9 Å². The maximum atomic E-state index is 13.1. The molecule has 1 aromatic heterocycles. The summed E-state index contributed by atoms with van der Waals surface area (Å²) in [6.07, 6.45) is -2.61. The van der Waals surface area contributed by atoms with Crippen LogP contribution in [0.2, 0.25) is 5.02 Å². The number of amides is 1. The molecule has 7 nitrogen and oxygen atoms in total. The molecule has 3 rings (SSSR count). The fraction of sp³-hybridized carbons (Fsp3) is 0.500. The number of anilines is 1. The molecule has 0 aliphatic carbocycles. The first-order valence-corrected chi connectivity index (χ1v) is 12.2. The third kappa shape index (κ3) is 5.54. The van der Waals surface area contributed by atoms with Crippen LogP contribution < -0.4 is 5.32 Å². The molecule has 0 atom stereocenters. The van der Waals surface area contributed by atoms with Gasteiger partial charge in [-0.2, -0.15) is 17.5 Å². The molecule has 1 fully saturated rings. The molecule has 2 aromatic rings. The minimum absolute atomic E-state index is 0.0155. The Morgan fingerprint density at radius 3 is 2.58 bits per heavy atom. The standard InChI is InChI=1S/C18H20ClF3N4O3S2/c1-2-3-15-24-25-17(30-15)23-16(27)11-6-8-26(9-7-11)31(28,29)12-4-5-14(19)13(10-12)18(20,21)22/h4-5,10-11H,2-3,6-9H2,1H3,(H,23,25,27). The number of alkyl halides is 3. The SMILES string of the molecule is CCCc1nnc(NC(=O)C2CCN(S(=O)(=O)c3ccc(Cl)c(C(F)(F)F)c3)CC2)s1. The highest BCUT2D eigenvalue weighted by atomic mass is 35.5. The second-order valence-electron chi connectivity index (χ2n) is 7.06. The lowest BCUT2D eigenvalue weighted by molar-refractivity contribution is -0.137. The van der Waals surface area contributed by atoms with Crippen LogP contribution in [0.4, 0.5) is 18.3 Å². The van der Waals surface area contributed by atoms with E-state index in [1.54, 1.807) is 0 Å². The first-order valence-electron chi connectivity index (χ1n) is 9.52. The number of carbonyl (C=O) groups is 1. The summed E-state index contributed by atoms with van der Waals surface area (Å²) in [5, 5.41) is 11.3. The van der Waals surface area contributed by atoms with Gasteiger partial charge in [-0.25, -0.2) is 8.42 Å². The van der Waals surface area contributed by atoms with Crippen LogP contribution in [0.15, 0.2) is 23.1 Å². The molecule has 0 saturated carbocycles. The second-order valence-corrected chi connectivity index (χ2v) is 10.5. The van der Waals surface area contributed by atoms with Crippen molar-refractivity contribution in [2.75, 3.05) is 18.4 Å². The molecule has 1 amide bonds. The maximum Gasteiger partial charge on any atom is 0.417 e. The fourth-order valence-corrected chi connectivity index (χ4v) is 5.78. The summed E-state index contributed by atoms with van der Waals surface area (Å²) in [5.74, 6) is -0.706. The molecule has 31 heavy (non-hydrogen) atoms. The molecule has 0 bridgehead atoms. The van der Waals surface area contributed by atoms with E-state index in [0.717, 1.165) is 34.3 Å². The fourth-order valence-electron chi connectivity index (χ4n) is 3.22. The molecule has 1 N–H and O–H groups in total. The molecule has 1 aromatic carbocycles. The van der Waals surface area contributed by atoms with E-state index in [9.17, 15) is 26.4 Å². The number of rotatable bonds is 6. The topological polar surface area (TPSA) is 92.3 Å². The molecule has 1 saturated heterocycles. The average molecular weight is 497 g/mol. The number of piperidine rings is 1. The molecule has 0 radical (unpaired) electrons. The van der Waals surface area contributed by atoms with Gasteiger partial charge in [0.25, 0.3) is 0 Å². The van der Waals surface area contributed by atoms with Gasteiger partial charge in [-0.3, -0.25) is 4.79 Å². The molecule has 1 aliphatic rings. The number of benzene rings is 1. The molecule has 2 heterocycles. The maximum absolute atomic E-state index is 13.1. The summed E-state index contributed by atoms with van der Waals surface area (Å²) in [5.41, 5.74) is -1.20. The number of hydrogen-bond donors (Lipinski definition) is 1. The Hall–Kier alpha value is -1.76. The van der Waals surface area contributed by atoms with Gasteiger partial charge in [0.2, 0.25) is 21.1 Å². The van der Waals surface area contributed by atoms with Gasteiger partial charge in [0.1, 0.15) is 5.01 Å². The summed E-state index contributed by atoms with van der Waals surface area (Å²) >= 11 is 6.87. The van der Waals surface area contributed by atoms with Crippen molar-refractivity contribution in [3.8, 4) is 0 Å². The van der Waals surface area contributed by atoms with Gasteiger partial charge in [0.05, 0.1) is 15.5 Å². The normalized spacial score (nSPS) is 16.4. The van der Waals surface area contributed by atoms with Crippen LogP contribution in [0.25, 0.3) is 0 Å². The molecule has 13 heteroatoms. The number of aryl methyl sites for hydroxylation is 1. The third-order valence-corrected chi connectivity index (χ3v) is 7.99. The van der Waals surface area contributed by atoms with Gasteiger partial charge in [-0.15, -0.1) is 10.2 Å². The first-order chi connectivity index (χ1) is 14.5. The minimum Gasteiger partial charge on any atom is -0.300 e. The summed E-state index contributed by atoms with van der Waals surface area (Å²) in [6.45, 7) is 2.04. The summed E-state index contributed by atoms with van der Waals surface area (Å²) in [7, 11) is -4.15. The number of nitrogens with one attached hydrogen (secondary N) is 1. The summed E-state index contributed by atoms with van der Waals surface area (Å²) < 4.78 is 65.9. The van der Waals surface area contributed by atoms with E-state index < -0.39 is 37.6 Å². The van der Waals surface area contributed by atoms with Crippen LogP contribution in [0.3, 0.4) is 0 Å². The number of hydrogen-bond acceptors (Lipinski definition) is 6. The zero-order valence-corrected chi connectivity index (χ0v) is 18.8. The number of aromatic nitrogens is 2. The molecule has 1 aliphatic heterocycles. The Balaban J connectivity index is 1.65. The zero-order chi connectivity index (χ0) is 22.8. The Morgan fingerprint density at radius 1 is 1.29 bits per heavy atom. The number of carbonyl (C=O) groups excluding carboxylic acids is 1. The predicted molar refractivity (Wildman–Crippen MR) is 110 cm³/mol. The Labute approximate surface area is 186 Å². The average Bonchev–Trinajstić information content (AvgIpc) is 3.14. The predicted octanol–water partition coefficient (Wildman–Crippen LogP) is 4.20. The lowest BCUT2D eigenvalue weighted by atomic mass is 9.97. The van der Waals surface area contributed by atoms with E-state index in [4.69, 9.17) is 11.6 Å². The van der Waals surface area contributed by atoms with Crippen molar-refractivity contribution in [3.63, 3.8) is 0 Å².